The first-order chi connectivity index (χ1) is 6.59. The van der Waals surface area contributed by atoms with Gasteiger partial charge in [-0.1, -0.05) is 11.6 Å². The number of sulfonamides is 1. The highest BCUT2D eigenvalue weighted by atomic mass is 35.5. The van der Waals surface area contributed by atoms with Gasteiger partial charge in [-0.25, -0.2) is 13.1 Å². The third-order valence-electron chi connectivity index (χ3n) is 1.85. The molecule has 1 N–H and O–H groups in total. The van der Waals surface area contributed by atoms with Gasteiger partial charge in [-0.2, -0.15) is 0 Å². The minimum atomic E-state index is -3.46. The van der Waals surface area contributed by atoms with E-state index < -0.39 is 10.0 Å². The Morgan fingerprint density at radius 1 is 1.43 bits per heavy atom. The van der Waals surface area contributed by atoms with E-state index in [0.717, 1.165) is 0 Å². The molecule has 0 bridgehead atoms. The highest BCUT2D eigenvalue weighted by molar-refractivity contribution is 7.89. The third-order valence-corrected chi connectivity index (χ3v) is 3.56. The van der Waals surface area contributed by atoms with Crippen LogP contribution in [0.15, 0.2) is 23.1 Å². The number of hydrogen-bond acceptors (Lipinski definition) is 3. The van der Waals surface area contributed by atoms with Gasteiger partial charge in [0, 0.05) is 11.6 Å². The van der Waals surface area contributed by atoms with Crippen LogP contribution < -0.4 is 9.46 Å². The fourth-order valence-electron chi connectivity index (χ4n) is 1.23. The Balaban J connectivity index is 2.64. The molecule has 0 spiro atoms. The molecular weight excluding hydrogens is 226 g/mol. The lowest BCUT2D eigenvalue weighted by atomic mass is 10.3. The molecule has 0 saturated heterocycles. The van der Waals surface area contributed by atoms with Gasteiger partial charge < -0.3 is 4.74 Å². The molecule has 1 aromatic carbocycles. The summed E-state index contributed by atoms with van der Waals surface area (Å²) in [6.07, 6.45) is 0. The maximum Gasteiger partial charge on any atom is 0.244 e. The second-order valence-corrected chi connectivity index (χ2v) is 5.01. The highest BCUT2D eigenvalue weighted by Gasteiger charge is 2.22. The van der Waals surface area contributed by atoms with E-state index in [1.165, 1.54) is 6.07 Å². The molecule has 0 aliphatic carbocycles. The number of nitrogens with one attached hydrogen (secondary N) is 1. The topological polar surface area (TPSA) is 55.4 Å². The molecule has 0 unspecified atom stereocenters. The van der Waals surface area contributed by atoms with E-state index in [2.05, 4.69) is 4.72 Å². The molecule has 76 valence electrons. The van der Waals surface area contributed by atoms with E-state index in [4.69, 9.17) is 16.3 Å². The van der Waals surface area contributed by atoms with Crippen molar-refractivity contribution >= 4 is 21.6 Å². The van der Waals surface area contributed by atoms with Gasteiger partial charge in [0.05, 0.1) is 0 Å². The molecule has 2 rings (SSSR count). The van der Waals surface area contributed by atoms with Crippen LogP contribution in [-0.4, -0.2) is 21.6 Å². The van der Waals surface area contributed by atoms with Crippen LogP contribution in [-0.2, 0) is 10.0 Å². The summed E-state index contributed by atoms with van der Waals surface area (Å²) in [5, 5.41) is 0.375. The van der Waals surface area contributed by atoms with Crippen LogP contribution in [0, 0.1) is 0 Å². The highest BCUT2D eigenvalue weighted by Crippen LogP contribution is 2.28. The van der Waals surface area contributed by atoms with Gasteiger partial charge in [-0.05, 0) is 18.2 Å². The largest absolute Gasteiger partial charge is 0.491 e. The van der Waals surface area contributed by atoms with E-state index in [-0.39, 0.29) is 11.4 Å². The number of fused-ring (bicyclic) bond motifs is 1. The van der Waals surface area contributed by atoms with Crippen molar-refractivity contribution in [1.29, 1.82) is 0 Å². The summed E-state index contributed by atoms with van der Waals surface area (Å²) >= 11 is 5.71. The second kappa shape index (κ2) is 3.42. The first kappa shape index (κ1) is 9.76. The maximum atomic E-state index is 11.6. The standard InChI is InChI=1S/C8H8ClNO3S/c9-6-1-2-7-8(5-6)14(11,12)10-3-4-13-7/h1-2,5,10H,3-4H2. The molecule has 1 aromatic rings. The quantitative estimate of drug-likeness (QED) is 0.728. The number of rotatable bonds is 0. The van der Waals surface area contributed by atoms with Gasteiger partial charge in [-0.3, -0.25) is 0 Å². The van der Waals surface area contributed by atoms with Crippen molar-refractivity contribution in [3.05, 3.63) is 23.2 Å². The molecule has 4 nitrogen and oxygen atoms in total. The van der Waals surface area contributed by atoms with Gasteiger partial charge in [0.2, 0.25) is 10.0 Å². The smallest absolute Gasteiger partial charge is 0.244 e. The summed E-state index contributed by atoms with van der Waals surface area (Å²) in [5.74, 6) is 0.347. The summed E-state index contributed by atoms with van der Waals surface area (Å²) in [4.78, 5) is 0.0995. The zero-order valence-corrected chi connectivity index (χ0v) is 8.73. The van der Waals surface area contributed by atoms with Crippen LogP contribution in [0.1, 0.15) is 0 Å². The normalized spacial score (nSPS) is 19.2. The van der Waals surface area contributed by atoms with Crippen molar-refractivity contribution < 1.29 is 13.2 Å². The molecule has 0 aromatic heterocycles. The Morgan fingerprint density at radius 2 is 2.21 bits per heavy atom. The van der Waals surface area contributed by atoms with Crippen LogP contribution in [0.25, 0.3) is 0 Å². The van der Waals surface area contributed by atoms with Crippen LogP contribution >= 0.6 is 11.6 Å². The summed E-state index contributed by atoms with van der Waals surface area (Å²) < 4.78 is 30.8. The zero-order valence-electron chi connectivity index (χ0n) is 7.16. The van der Waals surface area contributed by atoms with Crippen molar-refractivity contribution in [2.24, 2.45) is 0 Å². The molecule has 1 heterocycles. The third kappa shape index (κ3) is 1.70. The number of benzene rings is 1. The van der Waals surface area contributed by atoms with Crippen LogP contribution in [0.4, 0.5) is 0 Å². The van der Waals surface area contributed by atoms with Crippen molar-refractivity contribution in [3.63, 3.8) is 0 Å². The van der Waals surface area contributed by atoms with E-state index in [0.29, 0.717) is 17.4 Å². The Morgan fingerprint density at radius 3 is 3.00 bits per heavy atom. The van der Waals surface area contributed by atoms with Crippen molar-refractivity contribution in [1.82, 2.24) is 4.72 Å². The average Bonchev–Trinajstić information content (AvgIpc) is 2.26. The average molecular weight is 234 g/mol. The Labute approximate surface area is 86.9 Å². The molecule has 0 radical (unpaired) electrons. The van der Waals surface area contributed by atoms with E-state index in [1.54, 1.807) is 12.1 Å². The lowest BCUT2D eigenvalue weighted by Gasteiger charge is -2.05. The number of halogens is 1. The van der Waals surface area contributed by atoms with Gasteiger partial charge in [0.25, 0.3) is 0 Å². The molecular formula is C8H8ClNO3S. The first-order valence-electron chi connectivity index (χ1n) is 4.01. The maximum absolute atomic E-state index is 11.6. The molecule has 1 aliphatic rings. The van der Waals surface area contributed by atoms with Crippen LogP contribution in [0.5, 0.6) is 5.75 Å². The van der Waals surface area contributed by atoms with Gasteiger partial charge in [-0.15, -0.1) is 0 Å². The second-order valence-electron chi connectivity index (χ2n) is 2.84. The molecule has 0 fully saturated rings. The number of hydrogen-bond donors (Lipinski definition) is 1. The van der Waals surface area contributed by atoms with Crippen LogP contribution in [0.2, 0.25) is 5.02 Å². The zero-order chi connectivity index (χ0) is 10.2. The Kier molecular flexibility index (Phi) is 2.38. The first-order valence-corrected chi connectivity index (χ1v) is 5.88. The molecule has 0 atom stereocenters. The Bertz CT molecular complexity index is 458. The van der Waals surface area contributed by atoms with Crippen molar-refractivity contribution in [3.8, 4) is 5.75 Å². The summed E-state index contributed by atoms with van der Waals surface area (Å²) in [5.41, 5.74) is 0. The predicted octanol–water partition coefficient (Wildman–Crippen LogP) is 1.01. The summed E-state index contributed by atoms with van der Waals surface area (Å²) in [7, 11) is -3.46. The van der Waals surface area contributed by atoms with Crippen molar-refractivity contribution in [2.75, 3.05) is 13.2 Å². The van der Waals surface area contributed by atoms with Gasteiger partial charge >= 0.3 is 0 Å². The summed E-state index contributed by atoms with van der Waals surface area (Å²) in [6, 6.07) is 4.54. The number of ether oxygens (including phenoxy) is 1. The van der Waals surface area contributed by atoms with Gasteiger partial charge in [0.1, 0.15) is 17.3 Å². The minimum Gasteiger partial charge on any atom is -0.491 e. The predicted molar refractivity (Wildman–Crippen MR) is 52.1 cm³/mol. The fourth-order valence-corrected chi connectivity index (χ4v) is 2.64. The monoisotopic (exact) mass is 233 g/mol. The van der Waals surface area contributed by atoms with Gasteiger partial charge in [0.15, 0.2) is 0 Å². The SMILES string of the molecule is O=S1(=O)NCCOc2ccc(Cl)cc21. The summed E-state index contributed by atoms with van der Waals surface area (Å²) in [6.45, 7) is 0.600. The van der Waals surface area contributed by atoms with E-state index >= 15 is 0 Å². The fraction of sp³-hybridized carbons (Fsp3) is 0.250. The van der Waals surface area contributed by atoms with Crippen LogP contribution in [0.3, 0.4) is 0 Å². The lowest BCUT2D eigenvalue weighted by molar-refractivity contribution is 0.321. The molecule has 6 heteroatoms. The molecule has 0 amide bonds. The Hall–Kier alpha value is -0.780. The van der Waals surface area contributed by atoms with Crippen molar-refractivity contribution in [2.45, 2.75) is 4.90 Å². The minimum absolute atomic E-state index is 0.0995. The molecule has 0 saturated carbocycles. The molecule has 14 heavy (non-hydrogen) atoms. The van der Waals surface area contributed by atoms with E-state index in [1.807, 2.05) is 0 Å². The molecule has 1 aliphatic heterocycles. The van der Waals surface area contributed by atoms with E-state index in [9.17, 15) is 8.42 Å². The lowest BCUT2D eigenvalue weighted by Crippen LogP contribution is -2.24.